The Labute approximate surface area is 187 Å². The minimum Gasteiger partial charge on any atom is -0.278 e. The summed E-state index contributed by atoms with van der Waals surface area (Å²) < 4.78 is 1.09. The molecule has 0 aliphatic heterocycles. The molecule has 0 aliphatic carbocycles. The third-order valence-corrected chi connectivity index (χ3v) is 6.41. The lowest BCUT2D eigenvalue weighted by atomic mass is 9.86. The van der Waals surface area contributed by atoms with E-state index in [9.17, 15) is 4.79 Å². The zero-order chi connectivity index (χ0) is 22.0. The normalized spacial score (nSPS) is 11.6. The molecule has 4 rings (SSSR count). The number of aryl methyl sites for hydroxylation is 1. The van der Waals surface area contributed by atoms with Crippen molar-refractivity contribution >= 4 is 32.6 Å². The molecule has 2 aromatic heterocycles. The average Bonchev–Trinajstić information content (AvgIpc) is 3.20. The SMILES string of the molecule is CCc1ccc2nc(N(Cc3ccccn3)C(=O)c3ccc(C(C)(C)C)cc3)sc2c1. The molecule has 0 saturated heterocycles. The summed E-state index contributed by atoms with van der Waals surface area (Å²) in [7, 11) is 0. The molecule has 0 atom stereocenters. The fourth-order valence-corrected chi connectivity index (χ4v) is 4.47. The van der Waals surface area contributed by atoms with Crippen molar-refractivity contribution in [2.75, 3.05) is 4.90 Å². The van der Waals surface area contributed by atoms with E-state index in [-0.39, 0.29) is 11.3 Å². The maximum atomic E-state index is 13.6. The summed E-state index contributed by atoms with van der Waals surface area (Å²) >= 11 is 1.55. The molecule has 31 heavy (non-hydrogen) atoms. The van der Waals surface area contributed by atoms with Crippen LogP contribution in [-0.2, 0) is 18.4 Å². The molecular formula is C26H27N3OS. The fraction of sp³-hybridized carbons (Fsp3) is 0.269. The number of hydrogen-bond acceptors (Lipinski definition) is 4. The molecule has 4 aromatic rings. The lowest BCUT2D eigenvalue weighted by molar-refractivity contribution is 0.0984. The van der Waals surface area contributed by atoms with Crippen LogP contribution in [0.2, 0.25) is 0 Å². The van der Waals surface area contributed by atoms with Gasteiger partial charge in [0.25, 0.3) is 5.91 Å². The van der Waals surface area contributed by atoms with Gasteiger partial charge in [0.15, 0.2) is 5.13 Å². The Balaban J connectivity index is 1.73. The van der Waals surface area contributed by atoms with Crippen LogP contribution in [0, 0.1) is 0 Å². The number of amides is 1. The summed E-state index contributed by atoms with van der Waals surface area (Å²) in [6, 6.07) is 20.0. The summed E-state index contributed by atoms with van der Waals surface area (Å²) in [6.45, 7) is 9.02. The van der Waals surface area contributed by atoms with E-state index in [1.54, 1.807) is 22.4 Å². The van der Waals surface area contributed by atoms with Gasteiger partial charge in [0.05, 0.1) is 22.5 Å². The molecule has 0 N–H and O–H groups in total. The molecule has 0 aliphatic rings. The molecule has 0 spiro atoms. The number of anilines is 1. The van der Waals surface area contributed by atoms with E-state index >= 15 is 0 Å². The number of rotatable bonds is 5. The Morgan fingerprint density at radius 2 is 1.81 bits per heavy atom. The van der Waals surface area contributed by atoms with Crippen LogP contribution in [0.4, 0.5) is 5.13 Å². The molecule has 4 nitrogen and oxygen atoms in total. The Hall–Kier alpha value is -3.05. The Kier molecular flexibility index (Phi) is 5.88. The second-order valence-electron chi connectivity index (χ2n) is 8.69. The van der Waals surface area contributed by atoms with Crippen molar-refractivity contribution in [2.24, 2.45) is 0 Å². The number of fused-ring (bicyclic) bond motifs is 1. The number of nitrogens with zero attached hydrogens (tertiary/aromatic N) is 3. The van der Waals surface area contributed by atoms with E-state index in [1.165, 1.54) is 11.1 Å². The third kappa shape index (κ3) is 4.67. The van der Waals surface area contributed by atoms with Gasteiger partial charge >= 0.3 is 0 Å². The predicted molar refractivity (Wildman–Crippen MR) is 129 cm³/mol. The van der Waals surface area contributed by atoms with Gasteiger partial charge in [0, 0.05) is 11.8 Å². The van der Waals surface area contributed by atoms with Crippen molar-refractivity contribution in [2.45, 2.75) is 46.1 Å². The number of hydrogen-bond donors (Lipinski definition) is 0. The first-order valence-electron chi connectivity index (χ1n) is 10.6. The number of benzene rings is 2. The Morgan fingerprint density at radius 3 is 2.45 bits per heavy atom. The second-order valence-corrected chi connectivity index (χ2v) is 9.70. The Morgan fingerprint density at radius 1 is 1.03 bits per heavy atom. The highest BCUT2D eigenvalue weighted by Crippen LogP contribution is 2.32. The highest BCUT2D eigenvalue weighted by Gasteiger charge is 2.23. The maximum absolute atomic E-state index is 13.6. The minimum absolute atomic E-state index is 0.0409. The largest absolute Gasteiger partial charge is 0.278 e. The second kappa shape index (κ2) is 8.60. The van der Waals surface area contributed by atoms with Gasteiger partial charge in [-0.05, 0) is 59.4 Å². The molecule has 0 bridgehead atoms. The zero-order valence-corrected chi connectivity index (χ0v) is 19.2. The number of thiazole rings is 1. The smallest absolute Gasteiger partial charge is 0.260 e. The van der Waals surface area contributed by atoms with E-state index in [1.807, 2.05) is 48.5 Å². The standard InChI is InChI=1S/C26H27N3OS/c1-5-18-9-14-22-23(16-18)31-25(28-22)29(17-21-8-6-7-15-27-21)24(30)19-10-12-20(13-11-19)26(2,3)4/h6-16H,5,17H2,1-4H3. The monoisotopic (exact) mass is 429 g/mol. The highest BCUT2D eigenvalue weighted by molar-refractivity contribution is 7.22. The summed E-state index contributed by atoms with van der Waals surface area (Å²) in [4.78, 5) is 24.5. The number of aromatic nitrogens is 2. The molecule has 2 heterocycles. The van der Waals surface area contributed by atoms with Crippen LogP contribution >= 0.6 is 11.3 Å². The molecule has 0 fully saturated rings. The molecule has 158 valence electrons. The lowest BCUT2D eigenvalue weighted by Gasteiger charge is -2.21. The molecule has 0 saturated carbocycles. The van der Waals surface area contributed by atoms with E-state index in [0.717, 1.165) is 22.3 Å². The summed E-state index contributed by atoms with van der Waals surface area (Å²) in [5.41, 5.74) is 4.90. The van der Waals surface area contributed by atoms with Gasteiger partial charge in [-0.15, -0.1) is 0 Å². The van der Waals surface area contributed by atoms with Crippen molar-refractivity contribution < 1.29 is 4.79 Å². The molecule has 1 amide bonds. The van der Waals surface area contributed by atoms with Crippen LogP contribution in [0.3, 0.4) is 0 Å². The third-order valence-electron chi connectivity index (χ3n) is 5.37. The summed E-state index contributed by atoms with van der Waals surface area (Å²) in [5.74, 6) is -0.0686. The van der Waals surface area contributed by atoms with Crippen molar-refractivity contribution in [1.82, 2.24) is 9.97 Å². The first kappa shape index (κ1) is 21.2. The van der Waals surface area contributed by atoms with E-state index in [0.29, 0.717) is 17.2 Å². The molecule has 2 aromatic carbocycles. The topological polar surface area (TPSA) is 46.1 Å². The maximum Gasteiger partial charge on any atom is 0.260 e. The molecule has 0 radical (unpaired) electrons. The van der Waals surface area contributed by atoms with Gasteiger partial charge < -0.3 is 0 Å². The van der Waals surface area contributed by atoms with Gasteiger partial charge in [-0.3, -0.25) is 14.7 Å². The lowest BCUT2D eigenvalue weighted by Crippen LogP contribution is -2.30. The van der Waals surface area contributed by atoms with Gasteiger partial charge in [-0.1, -0.05) is 63.3 Å². The first-order chi connectivity index (χ1) is 14.8. The van der Waals surface area contributed by atoms with Crippen LogP contribution in [-0.4, -0.2) is 15.9 Å². The van der Waals surface area contributed by atoms with Crippen molar-refractivity contribution in [1.29, 1.82) is 0 Å². The van der Waals surface area contributed by atoms with Gasteiger partial charge in [0.2, 0.25) is 0 Å². The number of pyridine rings is 1. The van der Waals surface area contributed by atoms with E-state index < -0.39 is 0 Å². The van der Waals surface area contributed by atoms with Crippen molar-refractivity contribution in [3.05, 3.63) is 89.2 Å². The fourth-order valence-electron chi connectivity index (χ4n) is 3.44. The molecule has 5 heteroatoms. The first-order valence-corrected chi connectivity index (χ1v) is 11.4. The minimum atomic E-state index is -0.0686. The summed E-state index contributed by atoms with van der Waals surface area (Å²) in [6.07, 6.45) is 2.72. The number of carbonyl (C=O) groups is 1. The predicted octanol–water partition coefficient (Wildman–Crippen LogP) is 6.40. The molecular weight excluding hydrogens is 402 g/mol. The van der Waals surface area contributed by atoms with Crippen LogP contribution in [0.25, 0.3) is 10.2 Å². The van der Waals surface area contributed by atoms with E-state index in [4.69, 9.17) is 4.98 Å². The van der Waals surface area contributed by atoms with Gasteiger partial charge in [0.1, 0.15) is 0 Å². The van der Waals surface area contributed by atoms with Crippen LogP contribution in [0.1, 0.15) is 54.9 Å². The van der Waals surface area contributed by atoms with Crippen LogP contribution in [0.5, 0.6) is 0 Å². The van der Waals surface area contributed by atoms with Crippen LogP contribution < -0.4 is 4.90 Å². The number of carbonyl (C=O) groups excluding carboxylic acids is 1. The van der Waals surface area contributed by atoms with Crippen LogP contribution in [0.15, 0.2) is 66.9 Å². The van der Waals surface area contributed by atoms with E-state index in [2.05, 4.69) is 44.8 Å². The highest BCUT2D eigenvalue weighted by atomic mass is 32.1. The summed E-state index contributed by atoms with van der Waals surface area (Å²) in [5, 5.41) is 0.693. The van der Waals surface area contributed by atoms with Crippen molar-refractivity contribution in [3.63, 3.8) is 0 Å². The van der Waals surface area contributed by atoms with Gasteiger partial charge in [-0.2, -0.15) is 0 Å². The zero-order valence-electron chi connectivity index (χ0n) is 18.4. The average molecular weight is 430 g/mol. The quantitative estimate of drug-likeness (QED) is 0.369. The Bertz CT molecular complexity index is 1190. The van der Waals surface area contributed by atoms with Gasteiger partial charge in [-0.25, -0.2) is 4.98 Å². The van der Waals surface area contributed by atoms with Crippen molar-refractivity contribution in [3.8, 4) is 0 Å². The molecule has 0 unspecified atom stereocenters.